The number of nitrogens with one attached hydrogen (secondary N) is 1. The molecule has 3 amide bonds. The Morgan fingerprint density at radius 1 is 0.962 bits per heavy atom. The summed E-state index contributed by atoms with van der Waals surface area (Å²) in [6.45, 7) is 3.10. The van der Waals surface area contributed by atoms with Gasteiger partial charge in [0.2, 0.25) is 5.91 Å². The first-order valence-corrected chi connectivity index (χ1v) is 9.95. The zero-order chi connectivity index (χ0) is 17.9. The normalized spacial score (nSPS) is 24.4. The molecule has 4 rings (SSSR count). The Bertz CT molecular complexity index is 638. The van der Waals surface area contributed by atoms with E-state index in [1.807, 2.05) is 22.2 Å². The quantitative estimate of drug-likeness (QED) is 0.904. The van der Waals surface area contributed by atoms with Crippen molar-refractivity contribution in [3.8, 4) is 0 Å². The maximum Gasteiger partial charge on any atom is 0.317 e. The van der Waals surface area contributed by atoms with E-state index in [1.165, 1.54) is 5.56 Å². The highest BCUT2D eigenvalue weighted by atomic mass is 16.2. The van der Waals surface area contributed by atoms with Crippen molar-refractivity contribution in [1.29, 1.82) is 0 Å². The standard InChI is InChI=1S/C20H28N4O2/c25-19(17-3-4-17)24-11-1-2-18(14-24)22-20(26)23-12-7-16(8-13-23)15-5-9-21-10-6-15/h5-6,9-10,16-18H,1-4,7-8,11-14H2,(H,22,26). The molecule has 0 radical (unpaired) electrons. The maximum absolute atomic E-state index is 12.6. The molecule has 3 aliphatic rings. The smallest absolute Gasteiger partial charge is 0.317 e. The van der Waals surface area contributed by atoms with Crippen LogP contribution in [-0.4, -0.2) is 58.9 Å². The number of carbonyl (C=O) groups is 2. The Labute approximate surface area is 155 Å². The number of piperidine rings is 2. The number of hydrogen-bond acceptors (Lipinski definition) is 3. The van der Waals surface area contributed by atoms with Gasteiger partial charge < -0.3 is 15.1 Å². The van der Waals surface area contributed by atoms with Crippen molar-refractivity contribution in [1.82, 2.24) is 20.1 Å². The van der Waals surface area contributed by atoms with Gasteiger partial charge in [0, 0.05) is 50.5 Å². The van der Waals surface area contributed by atoms with E-state index in [9.17, 15) is 9.59 Å². The summed E-state index contributed by atoms with van der Waals surface area (Å²) in [5.74, 6) is 1.07. The molecule has 140 valence electrons. The summed E-state index contributed by atoms with van der Waals surface area (Å²) >= 11 is 0. The number of urea groups is 1. The van der Waals surface area contributed by atoms with Gasteiger partial charge in [-0.05, 0) is 62.1 Å². The number of aromatic nitrogens is 1. The molecule has 0 spiro atoms. The largest absolute Gasteiger partial charge is 0.340 e. The van der Waals surface area contributed by atoms with Gasteiger partial charge in [-0.2, -0.15) is 0 Å². The fraction of sp³-hybridized carbons (Fsp3) is 0.650. The van der Waals surface area contributed by atoms with Crippen LogP contribution in [0.15, 0.2) is 24.5 Å². The van der Waals surface area contributed by atoms with Gasteiger partial charge in [-0.1, -0.05) is 0 Å². The molecule has 1 aliphatic carbocycles. The second kappa shape index (κ2) is 7.64. The highest BCUT2D eigenvalue weighted by Gasteiger charge is 2.36. The molecule has 1 aromatic heterocycles. The Kier molecular flexibility index (Phi) is 5.09. The number of rotatable bonds is 3. The molecule has 1 N–H and O–H groups in total. The number of hydrogen-bond donors (Lipinski definition) is 1. The molecular weight excluding hydrogens is 328 g/mol. The maximum atomic E-state index is 12.6. The van der Waals surface area contributed by atoms with Gasteiger partial charge in [0.15, 0.2) is 0 Å². The summed E-state index contributed by atoms with van der Waals surface area (Å²) in [5.41, 5.74) is 1.32. The summed E-state index contributed by atoms with van der Waals surface area (Å²) in [6, 6.07) is 4.28. The van der Waals surface area contributed by atoms with E-state index in [2.05, 4.69) is 22.4 Å². The Morgan fingerprint density at radius 3 is 2.38 bits per heavy atom. The lowest BCUT2D eigenvalue weighted by Gasteiger charge is -2.36. The van der Waals surface area contributed by atoms with Gasteiger partial charge in [-0.3, -0.25) is 9.78 Å². The molecule has 0 bridgehead atoms. The van der Waals surface area contributed by atoms with Crippen molar-refractivity contribution in [2.24, 2.45) is 5.92 Å². The van der Waals surface area contributed by atoms with Gasteiger partial charge in [0.05, 0.1) is 0 Å². The summed E-state index contributed by atoms with van der Waals surface area (Å²) in [6.07, 6.45) is 9.69. The molecule has 3 heterocycles. The summed E-state index contributed by atoms with van der Waals surface area (Å²) in [5, 5.41) is 3.17. The average molecular weight is 356 g/mol. The molecule has 6 nitrogen and oxygen atoms in total. The van der Waals surface area contributed by atoms with Crippen LogP contribution in [0, 0.1) is 5.92 Å². The first-order chi connectivity index (χ1) is 12.7. The van der Waals surface area contributed by atoms with E-state index >= 15 is 0 Å². The predicted molar refractivity (Wildman–Crippen MR) is 98.6 cm³/mol. The molecule has 26 heavy (non-hydrogen) atoms. The molecule has 3 fully saturated rings. The molecule has 2 saturated heterocycles. The predicted octanol–water partition coefficient (Wildman–Crippen LogP) is 2.37. The second-order valence-electron chi connectivity index (χ2n) is 7.89. The number of pyridine rings is 1. The second-order valence-corrected chi connectivity index (χ2v) is 7.89. The van der Waals surface area contributed by atoms with Crippen LogP contribution in [0.25, 0.3) is 0 Å². The van der Waals surface area contributed by atoms with E-state index in [0.717, 1.165) is 58.2 Å². The molecule has 0 aromatic carbocycles. The number of carbonyl (C=O) groups excluding carboxylic acids is 2. The lowest BCUT2D eigenvalue weighted by atomic mass is 9.90. The van der Waals surface area contributed by atoms with Gasteiger partial charge >= 0.3 is 6.03 Å². The van der Waals surface area contributed by atoms with Crippen molar-refractivity contribution < 1.29 is 9.59 Å². The molecule has 1 atom stereocenters. The van der Waals surface area contributed by atoms with Crippen LogP contribution in [-0.2, 0) is 4.79 Å². The van der Waals surface area contributed by atoms with Crippen molar-refractivity contribution in [3.05, 3.63) is 30.1 Å². The first kappa shape index (κ1) is 17.3. The molecule has 6 heteroatoms. The van der Waals surface area contributed by atoms with Crippen LogP contribution in [0.2, 0.25) is 0 Å². The van der Waals surface area contributed by atoms with Crippen molar-refractivity contribution in [3.63, 3.8) is 0 Å². The Balaban J connectivity index is 1.25. The van der Waals surface area contributed by atoms with Crippen molar-refractivity contribution in [2.45, 2.75) is 50.5 Å². The number of nitrogens with zero attached hydrogens (tertiary/aromatic N) is 3. The molecular formula is C20H28N4O2. The van der Waals surface area contributed by atoms with E-state index in [-0.39, 0.29) is 18.0 Å². The zero-order valence-electron chi connectivity index (χ0n) is 15.3. The number of amides is 3. The van der Waals surface area contributed by atoms with E-state index in [1.54, 1.807) is 0 Å². The SMILES string of the molecule is O=C(NC1CCCN(C(=O)C2CC2)C1)N1CCC(c2ccncc2)CC1. The third-order valence-corrected chi connectivity index (χ3v) is 5.95. The van der Waals surface area contributed by atoms with Crippen molar-refractivity contribution in [2.75, 3.05) is 26.2 Å². The minimum absolute atomic E-state index is 0.0314. The summed E-state index contributed by atoms with van der Waals surface area (Å²) in [4.78, 5) is 32.9. The monoisotopic (exact) mass is 356 g/mol. The van der Waals surface area contributed by atoms with Crippen LogP contribution in [0.4, 0.5) is 4.79 Å². The molecule has 2 aliphatic heterocycles. The highest BCUT2D eigenvalue weighted by Crippen LogP contribution is 2.32. The van der Waals surface area contributed by atoms with Crippen LogP contribution < -0.4 is 5.32 Å². The summed E-state index contributed by atoms with van der Waals surface area (Å²) in [7, 11) is 0. The highest BCUT2D eigenvalue weighted by molar-refractivity contribution is 5.81. The van der Waals surface area contributed by atoms with E-state index < -0.39 is 0 Å². The zero-order valence-corrected chi connectivity index (χ0v) is 15.3. The number of likely N-dealkylation sites (tertiary alicyclic amines) is 2. The fourth-order valence-electron chi connectivity index (χ4n) is 4.20. The lowest BCUT2D eigenvalue weighted by molar-refractivity contribution is -0.133. The molecule has 1 unspecified atom stereocenters. The molecule has 1 aromatic rings. The lowest BCUT2D eigenvalue weighted by Crippen LogP contribution is -2.54. The third kappa shape index (κ3) is 4.00. The Hall–Kier alpha value is -2.11. The molecule has 1 saturated carbocycles. The van der Waals surface area contributed by atoms with Crippen LogP contribution in [0.1, 0.15) is 50.0 Å². The van der Waals surface area contributed by atoms with Gasteiger partial charge in [-0.15, -0.1) is 0 Å². The Morgan fingerprint density at radius 2 is 1.69 bits per heavy atom. The third-order valence-electron chi connectivity index (χ3n) is 5.95. The minimum Gasteiger partial charge on any atom is -0.340 e. The van der Waals surface area contributed by atoms with E-state index in [0.29, 0.717) is 18.4 Å². The topological polar surface area (TPSA) is 65.5 Å². The van der Waals surface area contributed by atoms with E-state index in [4.69, 9.17) is 0 Å². The van der Waals surface area contributed by atoms with Gasteiger partial charge in [0.1, 0.15) is 0 Å². The first-order valence-electron chi connectivity index (χ1n) is 9.95. The van der Waals surface area contributed by atoms with Crippen LogP contribution >= 0.6 is 0 Å². The fourth-order valence-corrected chi connectivity index (χ4v) is 4.20. The average Bonchev–Trinajstić information content (AvgIpc) is 3.54. The van der Waals surface area contributed by atoms with Crippen LogP contribution in [0.5, 0.6) is 0 Å². The van der Waals surface area contributed by atoms with Gasteiger partial charge in [-0.25, -0.2) is 4.79 Å². The van der Waals surface area contributed by atoms with Gasteiger partial charge in [0.25, 0.3) is 0 Å². The van der Waals surface area contributed by atoms with Crippen molar-refractivity contribution >= 4 is 11.9 Å². The van der Waals surface area contributed by atoms with Crippen LogP contribution in [0.3, 0.4) is 0 Å². The summed E-state index contributed by atoms with van der Waals surface area (Å²) < 4.78 is 0. The minimum atomic E-state index is 0.0314.